The van der Waals surface area contributed by atoms with Gasteiger partial charge in [-0.2, -0.15) is 0 Å². The molecule has 5 heteroatoms. The third-order valence-electron chi connectivity index (χ3n) is 4.46. The topological polar surface area (TPSA) is 64.6 Å². The van der Waals surface area contributed by atoms with Gasteiger partial charge < -0.3 is 14.8 Å². The molecule has 0 fully saturated rings. The van der Waals surface area contributed by atoms with E-state index in [-0.39, 0.29) is 18.6 Å². The molecule has 0 saturated heterocycles. The van der Waals surface area contributed by atoms with Crippen LogP contribution >= 0.6 is 0 Å². The van der Waals surface area contributed by atoms with Crippen molar-refractivity contribution in [2.75, 3.05) is 13.7 Å². The molecule has 0 aliphatic carbocycles. The second kappa shape index (κ2) is 10.1. The van der Waals surface area contributed by atoms with Crippen LogP contribution in [0, 0.1) is 0 Å². The van der Waals surface area contributed by atoms with Crippen molar-refractivity contribution in [2.24, 2.45) is 0 Å². The highest BCUT2D eigenvalue weighted by atomic mass is 16.5. The van der Waals surface area contributed by atoms with Crippen molar-refractivity contribution in [3.8, 4) is 5.75 Å². The first-order valence-electron chi connectivity index (χ1n) is 9.35. The number of methoxy groups -OCH3 is 1. The molecule has 0 radical (unpaired) electrons. The minimum Gasteiger partial charge on any atom is -0.497 e. The van der Waals surface area contributed by atoms with Crippen molar-refractivity contribution in [1.82, 2.24) is 5.32 Å². The van der Waals surface area contributed by atoms with E-state index in [9.17, 15) is 9.59 Å². The molecule has 3 aromatic rings. The maximum Gasteiger partial charge on any atom is 0.338 e. The van der Waals surface area contributed by atoms with Crippen molar-refractivity contribution in [1.29, 1.82) is 0 Å². The average Bonchev–Trinajstić information content (AvgIpc) is 2.78. The average molecular weight is 389 g/mol. The van der Waals surface area contributed by atoms with Gasteiger partial charge in [-0.25, -0.2) is 4.79 Å². The van der Waals surface area contributed by atoms with E-state index in [4.69, 9.17) is 9.47 Å². The fourth-order valence-corrected chi connectivity index (χ4v) is 2.99. The number of nitrogens with one attached hydrogen (secondary N) is 1. The number of ether oxygens (including phenoxy) is 2. The molecule has 0 aliphatic rings. The fraction of sp³-hybridized carbons (Fsp3) is 0.167. The zero-order chi connectivity index (χ0) is 20.5. The minimum atomic E-state index is -0.571. The molecule has 1 atom stereocenters. The Kier molecular flexibility index (Phi) is 7.00. The molecular weight excluding hydrogens is 366 g/mol. The van der Waals surface area contributed by atoms with Crippen LogP contribution in [-0.4, -0.2) is 25.6 Å². The van der Waals surface area contributed by atoms with Gasteiger partial charge in [-0.05, 0) is 35.7 Å². The summed E-state index contributed by atoms with van der Waals surface area (Å²) in [6, 6.07) is 26.1. The molecule has 0 aliphatic heterocycles. The maximum absolute atomic E-state index is 12.5. The van der Waals surface area contributed by atoms with Crippen LogP contribution in [0.3, 0.4) is 0 Å². The summed E-state index contributed by atoms with van der Waals surface area (Å²) in [6.45, 7) is -0.353. The lowest BCUT2D eigenvalue weighted by molar-refractivity contribution is -0.125. The van der Waals surface area contributed by atoms with Crippen LogP contribution in [0.4, 0.5) is 0 Å². The van der Waals surface area contributed by atoms with Crippen LogP contribution in [0.5, 0.6) is 5.75 Å². The summed E-state index contributed by atoms with van der Waals surface area (Å²) in [5, 5.41) is 2.97. The van der Waals surface area contributed by atoms with E-state index in [1.165, 1.54) is 7.11 Å². The Morgan fingerprint density at radius 3 is 2.28 bits per heavy atom. The molecule has 0 spiro atoms. The van der Waals surface area contributed by atoms with Crippen LogP contribution in [-0.2, 0) is 16.0 Å². The second-order valence-electron chi connectivity index (χ2n) is 6.53. The lowest BCUT2D eigenvalue weighted by atomic mass is 9.99. The van der Waals surface area contributed by atoms with Crippen molar-refractivity contribution >= 4 is 11.9 Å². The molecule has 0 bridgehead atoms. The Hall–Kier alpha value is -3.60. The number of carbonyl (C=O) groups excluding carboxylic acids is 2. The first-order chi connectivity index (χ1) is 14.2. The lowest BCUT2D eigenvalue weighted by Gasteiger charge is -2.19. The summed E-state index contributed by atoms with van der Waals surface area (Å²) >= 11 is 0. The van der Waals surface area contributed by atoms with E-state index in [0.29, 0.717) is 17.7 Å². The van der Waals surface area contributed by atoms with Gasteiger partial charge in [0.1, 0.15) is 5.75 Å². The number of hydrogen-bond donors (Lipinski definition) is 1. The summed E-state index contributed by atoms with van der Waals surface area (Å²) < 4.78 is 10.3. The molecule has 5 nitrogen and oxygen atoms in total. The molecule has 3 rings (SSSR count). The highest BCUT2D eigenvalue weighted by molar-refractivity contribution is 5.91. The van der Waals surface area contributed by atoms with Gasteiger partial charge >= 0.3 is 5.97 Å². The van der Waals surface area contributed by atoms with Crippen molar-refractivity contribution in [2.45, 2.75) is 12.5 Å². The van der Waals surface area contributed by atoms with Gasteiger partial charge in [0.2, 0.25) is 0 Å². The SMILES string of the molecule is COc1cccc(C(=O)OCC(=O)NC(Cc2ccccc2)c2ccccc2)c1. The van der Waals surface area contributed by atoms with Gasteiger partial charge in [0.25, 0.3) is 5.91 Å². The quantitative estimate of drug-likeness (QED) is 0.593. The highest BCUT2D eigenvalue weighted by Crippen LogP contribution is 2.18. The molecule has 29 heavy (non-hydrogen) atoms. The van der Waals surface area contributed by atoms with Gasteiger partial charge in [0, 0.05) is 0 Å². The molecule has 148 valence electrons. The Labute approximate surface area is 170 Å². The van der Waals surface area contributed by atoms with E-state index < -0.39 is 5.97 Å². The Balaban J connectivity index is 1.62. The van der Waals surface area contributed by atoms with E-state index in [2.05, 4.69) is 5.32 Å². The number of rotatable bonds is 8. The second-order valence-corrected chi connectivity index (χ2v) is 6.53. The standard InChI is InChI=1S/C24H23NO4/c1-28-21-14-8-13-20(16-21)24(27)29-17-23(26)25-22(19-11-6-3-7-12-19)15-18-9-4-2-5-10-18/h2-14,16,22H,15,17H2,1H3,(H,25,26). The van der Waals surface area contributed by atoms with Gasteiger partial charge in [-0.15, -0.1) is 0 Å². The number of carbonyl (C=O) groups is 2. The predicted molar refractivity (Wildman–Crippen MR) is 111 cm³/mol. The summed E-state index contributed by atoms with van der Waals surface area (Å²) in [4.78, 5) is 24.7. The Bertz CT molecular complexity index is 941. The van der Waals surface area contributed by atoms with Crippen molar-refractivity contribution < 1.29 is 19.1 Å². The lowest BCUT2D eigenvalue weighted by Crippen LogP contribution is -2.33. The van der Waals surface area contributed by atoms with Gasteiger partial charge in [0.15, 0.2) is 6.61 Å². The number of amides is 1. The van der Waals surface area contributed by atoms with E-state index in [1.54, 1.807) is 24.3 Å². The molecule has 0 heterocycles. The van der Waals surface area contributed by atoms with E-state index in [0.717, 1.165) is 11.1 Å². The van der Waals surface area contributed by atoms with Gasteiger partial charge in [-0.3, -0.25) is 4.79 Å². The normalized spacial score (nSPS) is 11.3. The van der Waals surface area contributed by atoms with Crippen LogP contribution in [0.25, 0.3) is 0 Å². The summed E-state index contributed by atoms with van der Waals surface area (Å²) in [5.41, 5.74) is 2.43. The molecule has 3 aromatic carbocycles. The number of benzene rings is 3. The zero-order valence-electron chi connectivity index (χ0n) is 16.2. The largest absolute Gasteiger partial charge is 0.497 e. The molecule has 0 aromatic heterocycles. The molecule has 1 amide bonds. The Morgan fingerprint density at radius 2 is 1.59 bits per heavy atom. The maximum atomic E-state index is 12.5. The van der Waals surface area contributed by atoms with E-state index >= 15 is 0 Å². The monoisotopic (exact) mass is 389 g/mol. The van der Waals surface area contributed by atoms with E-state index in [1.807, 2.05) is 60.7 Å². The van der Waals surface area contributed by atoms with Crippen LogP contribution in [0.1, 0.15) is 27.5 Å². The fourth-order valence-electron chi connectivity index (χ4n) is 2.99. The zero-order valence-corrected chi connectivity index (χ0v) is 16.2. The smallest absolute Gasteiger partial charge is 0.338 e. The van der Waals surface area contributed by atoms with Gasteiger partial charge in [0.05, 0.1) is 18.7 Å². The third-order valence-corrected chi connectivity index (χ3v) is 4.46. The summed E-state index contributed by atoms with van der Waals surface area (Å²) in [5.74, 6) is -0.375. The van der Waals surface area contributed by atoms with Crippen LogP contribution in [0.2, 0.25) is 0 Å². The summed E-state index contributed by atoms with van der Waals surface area (Å²) in [6.07, 6.45) is 0.639. The van der Waals surface area contributed by atoms with Crippen molar-refractivity contribution in [3.63, 3.8) is 0 Å². The third kappa shape index (κ3) is 5.94. The molecule has 0 saturated carbocycles. The number of hydrogen-bond acceptors (Lipinski definition) is 4. The van der Waals surface area contributed by atoms with Gasteiger partial charge in [-0.1, -0.05) is 66.7 Å². The summed E-state index contributed by atoms with van der Waals surface area (Å²) in [7, 11) is 1.52. The highest BCUT2D eigenvalue weighted by Gasteiger charge is 2.17. The first kappa shape index (κ1) is 20.1. The number of esters is 1. The first-order valence-corrected chi connectivity index (χ1v) is 9.35. The predicted octanol–water partition coefficient (Wildman–Crippen LogP) is 3.95. The Morgan fingerprint density at radius 1 is 0.897 bits per heavy atom. The molecule has 1 unspecified atom stereocenters. The minimum absolute atomic E-state index is 0.221. The molecule has 1 N–H and O–H groups in total. The van der Waals surface area contributed by atoms with Crippen LogP contribution < -0.4 is 10.1 Å². The van der Waals surface area contributed by atoms with Crippen LogP contribution in [0.15, 0.2) is 84.9 Å². The van der Waals surface area contributed by atoms with Crippen molar-refractivity contribution in [3.05, 3.63) is 102 Å². The molecular formula is C24H23NO4.